The third-order valence-corrected chi connectivity index (χ3v) is 6.23. The van der Waals surface area contributed by atoms with Gasteiger partial charge in [0.05, 0.1) is 0 Å². The standard InChI is InChI=1S/C33H22N3.Ir/c1-2-14-36-33(9-1)29-8-4-6-27(20-29)26-5-3-7-28(19-26)32-22-30(24-10-15-34-16-11-24)21-31(23-32)25-12-17-35-18-13-25;/h1-7,9-23H;/q-1;. The Balaban J connectivity index is 0.00000280. The van der Waals surface area contributed by atoms with Gasteiger partial charge in [0, 0.05) is 51.1 Å². The summed E-state index contributed by atoms with van der Waals surface area (Å²) in [5.74, 6) is 0. The minimum atomic E-state index is 0. The van der Waals surface area contributed by atoms with Gasteiger partial charge in [0.1, 0.15) is 0 Å². The van der Waals surface area contributed by atoms with E-state index >= 15 is 0 Å². The van der Waals surface area contributed by atoms with E-state index in [-0.39, 0.29) is 20.1 Å². The van der Waals surface area contributed by atoms with E-state index in [1.165, 1.54) is 0 Å². The first kappa shape index (κ1) is 24.5. The summed E-state index contributed by atoms with van der Waals surface area (Å²) in [6.45, 7) is 0. The topological polar surface area (TPSA) is 38.7 Å². The van der Waals surface area contributed by atoms with Crippen molar-refractivity contribution >= 4 is 0 Å². The van der Waals surface area contributed by atoms with Crippen molar-refractivity contribution in [2.45, 2.75) is 0 Å². The molecule has 0 unspecified atom stereocenters. The summed E-state index contributed by atoms with van der Waals surface area (Å²) in [5, 5.41) is 0. The van der Waals surface area contributed by atoms with E-state index in [1.54, 1.807) is 0 Å². The molecule has 4 heteroatoms. The first-order valence-corrected chi connectivity index (χ1v) is 11.8. The van der Waals surface area contributed by atoms with Crippen LogP contribution in [0.2, 0.25) is 0 Å². The van der Waals surface area contributed by atoms with Crippen LogP contribution in [0.3, 0.4) is 0 Å². The van der Waals surface area contributed by atoms with Gasteiger partial charge in [-0.2, -0.15) is 0 Å². The van der Waals surface area contributed by atoms with Crippen LogP contribution >= 0.6 is 0 Å². The molecule has 0 N–H and O–H groups in total. The quantitative estimate of drug-likeness (QED) is 0.177. The van der Waals surface area contributed by atoms with E-state index < -0.39 is 0 Å². The maximum atomic E-state index is 4.49. The van der Waals surface area contributed by atoms with Crippen LogP contribution in [-0.4, -0.2) is 15.0 Å². The molecule has 179 valence electrons. The van der Waals surface area contributed by atoms with Crippen LogP contribution < -0.4 is 0 Å². The molecule has 6 aromatic rings. The zero-order valence-electron chi connectivity index (χ0n) is 19.9. The van der Waals surface area contributed by atoms with Crippen molar-refractivity contribution in [3.63, 3.8) is 0 Å². The molecule has 1 radical (unpaired) electrons. The second-order valence-electron chi connectivity index (χ2n) is 8.56. The molecule has 0 aliphatic rings. The molecule has 3 heterocycles. The molecule has 0 atom stereocenters. The molecule has 0 saturated carbocycles. The van der Waals surface area contributed by atoms with Gasteiger partial charge in [-0.3, -0.25) is 9.97 Å². The number of rotatable bonds is 5. The smallest absolute Gasteiger partial charge is 0.0273 e. The molecule has 3 aromatic carbocycles. The summed E-state index contributed by atoms with van der Waals surface area (Å²) in [5.41, 5.74) is 11.1. The molecular formula is C33H22IrN3-. The van der Waals surface area contributed by atoms with Gasteiger partial charge >= 0.3 is 0 Å². The summed E-state index contributed by atoms with van der Waals surface area (Å²) in [6.07, 6.45) is 9.15. The van der Waals surface area contributed by atoms with Gasteiger partial charge in [0.2, 0.25) is 0 Å². The van der Waals surface area contributed by atoms with E-state index in [4.69, 9.17) is 0 Å². The van der Waals surface area contributed by atoms with Crippen LogP contribution in [0, 0.1) is 6.07 Å². The maximum absolute atomic E-state index is 4.49. The largest absolute Gasteiger partial charge is 0.305 e. The number of nitrogens with zero attached hydrogens (tertiary/aromatic N) is 3. The Morgan fingerprint density at radius 3 is 1.57 bits per heavy atom. The molecule has 0 fully saturated rings. The van der Waals surface area contributed by atoms with E-state index in [1.807, 2.05) is 79.5 Å². The van der Waals surface area contributed by atoms with Gasteiger partial charge in [-0.1, -0.05) is 30.3 Å². The SMILES string of the molecule is [Ir].[c-]1ccc(-c2cccc(-c3cc(-c4ccncc4)cc(-c4ccncc4)c3)c2)cc1-c1ccccn1. The fraction of sp³-hybridized carbons (Fsp3) is 0. The zero-order valence-corrected chi connectivity index (χ0v) is 22.3. The van der Waals surface area contributed by atoms with Crippen molar-refractivity contribution in [3.8, 4) is 55.8 Å². The van der Waals surface area contributed by atoms with Gasteiger partial charge in [-0.15, -0.1) is 35.4 Å². The number of pyridine rings is 3. The number of hydrogen-bond acceptors (Lipinski definition) is 3. The fourth-order valence-corrected chi connectivity index (χ4v) is 4.41. The van der Waals surface area contributed by atoms with Gasteiger partial charge in [0.15, 0.2) is 0 Å². The third-order valence-electron chi connectivity index (χ3n) is 6.23. The molecule has 0 aliphatic carbocycles. The Labute approximate surface area is 230 Å². The van der Waals surface area contributed by atoms with Crippen molar-refractivity contribution in [1.82, 2.24) is 15.0 Å². The van der Waals surface area contributed by atoms with Crippen LogP contribution in [0.4, 0.5) is 0 Å². The minimum absolute atomic E-state index is 0. The van der Waals surface area contributed by atoms with Gasteiger partial charge in [0.25, 0.3) is 0 Å². The van der Waals surface area contributed by atoms with Crippen LogP contribution in [0.1, 0.15) is 0 Å². The Morgan fingerprint density at radius 1 is 0.432 bits per heavy atom. The maximum Gasteiger partial charge on any atom is 0.0273 e. The van der Waals surface area contributed by atoms with Crippen LogP contribution in [0.5, 0.6) is 0 Å². The van der Waals surface area contributed by atoms with Crippen LogP contribution in [0.25, 0.3) is 55.8 Å². The monoisotopic (exact) mass is 653 g/mol. The summed E-state index contributed by atoms with van der Waals surface area (Å²) in [4.78, 5) is 12.9. The first-order chi connectivity index (χ1) is 17.8. The summed E-state index contributed by atoms with van der Waals surface area (Å²) >= 11 is 0. The third kappa shape index (κ3) is 5.46. The van der Waals surface area contributed by atoms with Crippen LogP contribution in [0.15, 0.2) is 134 Å². The Hall–Kier alpha value is -4.24. The average molecular weight is 653 g/mol. The molecule has 0 spiro atoms. The second kappa shape index (κ2) is 11.2. The number of aromatic nitrogens is 3. The fourth-order valence-electron chi connectivity index (χ4n) is 4.41. The predicted octanol–water partition coefficient (Wildman–Crippen LogP) is 8.00. The Morgan fingerprint density at radius 2 is 0.973 bits per heavy atom. The van der Waals surface area contributed by atoms with Crippen molar-refractivity contribution in [3.05, 3.63) is 140 Å². The predicted molar refractivity (Wildman–Crippen MR) is 146 cm³/mol. The summed E-state index contributed by atoms with van der Waals surface area (Å²) in [7, 11) is 0. The summed E-state index contributed by atoms with van der Waals surface area (Å²) in [6, 6.07) is 39.1. The molecule has 0 saturated heterocycles. The average Bonchev–Trinajstić information content (AvgIpc) is 2.98. The summed E-state index contributed by atoms with van der Waals surface area (Å²) < 4.78 is 0. The van der Waals surface area contributed by atoms with Gasteiger partial charge in [-0.05, 0) is 99.2 Å². The van der Waals surface area contributed by atoms with Crippen molar-refractivity contribution in [1.29, 1.82) is 0 Å². The molecule has 0 amide bonds. The van der Waals surface area contributed by atoms with Gasteiger partial charge in [-0.25, -0.2) is 0 Å². The minimum Gasteiger partial charge on any atom is -0.305 e. The molecular weight excluding hydrogens is 631 g/mol. The zero-order chi connectivity index (χ0) is 24.2. The normalized spacial score (nSPS) is 10.5. The van der Waals surface area contributed by atoms with E-state index in [9.17, 15) is 0 Å². The van der Waals surface area contributed by atoms with E-state index in [2.05, 4.69) is 75.6 Å². The second-order valence-corrected chi connectivity index (χ2v) is 8.56. The molecule has 6 rings (SSSR count). The first-order valence-electron chi connectivity index (χ1n) is 11.8. The Kier molecular flexibility index (Phi) is 7.41. The van der Waals surface area contributed by atoms with E-state index in [0.717, 1.165) is 55.8 Å². The van der Waals surface area contributed by atoms with Crippen molar-refractivity contribution < 1.29 is 20.1 Å². The Bertz CT molecular complexity index is 1560. The van der Waals surface area contributed by atoms with Crippen molar-refractivity contribution in [2.24, 2.45) is 0 Å². The molecule has 0 aliphatic heterocycles. The molecule has 3 nitrogen and oxygen atoms in total. The van der Waals surface area contributed by atoms with Gasteiger partial charge < -0.3 is 4.98 Å². The molecule has 37 heavy (non-hydrogen) atoms. The number of benzene rings is 3. The molecule has 3 aromatic heterocycles. The van der Waals surface area contributed by atoms with E-state index in [0.29, 0.717) is 0 Å². The number of hydrogen-bond donors (Lipinski definition) is 0. The van der Waals surface area contributed by atoms with Crippen molar-refractivity contribution in [2.75, 3.05) is 0 Å². The molecule has 0 bridgehead atoms. The van der Waals surface area contributed by atoms with Crippen LogP contribution in [-0.2, 0) is 20.1 Å².